The van der Waals surface area contributed by atoms with Crippen LogP contribution in [0.1, 0.15) is 22.1 Å². The van der Waals surface area contributed by atoms with E-state index in [4.69, 9.17) is 9.52 Å². The molecule has 0 aliphatic rings. The second-order valence-corrected chi connectivity index (χ2v) is 5.88. The van der Waals surface area contributed by atoms with Gasteiger partial charge in [-0.05, 0) is 18.2 Å². The minimum absolute atomic E-state index is 0.163. The van der Waals surface area contributed by atoms with E-state index in [0.29, 0.717) is 6.07 Å². The van der Waals surface area contributed by atoms with E-state index in [2.05, 4.69) is 10.2 Å². The smallest absolute Gasteiger partial charge is 0.335 e. The quantitative estimate of drug-likeness (QED) is 0.902. The Morgan fingerprint density at radius 3 is 2.60 bits per heavy atom. The molecule has 0 saturated heterocycles. The molecule has 2 aromatic rings. The third kappa shape index (κ3) is 2.82. The molecule has 1 N–H and O–H groups in total. The number of hydrogen-bond donors (Lipinski definition) is 1. The van der Waals surface area contributed by atoms with Crippen molar-refractivity contribution in [2.45, 2.75) is 17.6 Å². The third-order valence-electron chi connectivity index (χ3n) is 2.40. The summed E-state index contributed by atoms with van der Waals surface area (Å²) in [7, 11) is -4.04. The number of carbonyl (C=O) groups is 1. The van der Waals surface area contributed by atoms with Crippen LogP contribution in [0.2, 0.25) is 0 Å². The van der Waals surface area contributed by atoms with Gasteiger partial charge in [-0.2, -0.15) is 0 Å². The predicted molar refractivity (Wildman–Crippen MR) is 63.3 cm³/mol. The third-order valence-corrected chi connectivity index (χ3v) is 4.02. The molecule has 1 heterocycles. The van der Waals surface area contributed by atoms with Crippen LogP contribution in [0.5, 0.6) is 0 Å². The fraction of sp³-hybridized carbons (Fsp3) is 0.182. The lowest BCUT2D eigenvalue weighted by Crippen LogP contribution is -2.09. The molecule has 1 aromatic heterocycles. The summed E-state index contributed by atoms with van der Waals surface area (Å²) in [5, 5.41) is 15.7. The molecule has 0 spiro atoms. The first-order chi connectivity index (χ1) is 9.29. The Bertz CT molecular complexity index is 769. The van der Waals surface area contributed by atoms with Crippen molar-refractivity contribution in [3.8, 4) is 0 Å². The summed E-state index contributed by atoms with van der Waals surface area (Å²) in [6, 6.07) is 2.56. The van der Waals surface area contributed by atoms with E-state index >= 15 is 0 Å². The SMILES string of the molecule is Cc1nnc(CS(=O)(=O)c2ccc(C(=O)O)cc2F)o1. The van der Waals surface area contributed by atoms with Crippen LogP contribution >= 0.6 is 0 Å². The molecule has 0 saturated carbocycles. The van der Waals surface area contributed by atoms with E-state index in [1.807, 2.05) is 0 Å². The van der Waals surface area contributed by atoms with Crippen molar-refractivity contribution in [1.29, 1.82) is 0 Å². The lowest BCUT2D eigenvalue weighted by molar-refractivity contribution is 0.0696. The van der Waals surface area contributed by atoms with Crippen molar-refractivity contribution >= 4 is 15.8 Å². The summed E-state index contributed by atoms with van der Waals surface area (Å²) >= 11 is 0. The molecule has 1 aromatic carbocycles. The zero-order valence-corrected chi connectivity index (χ0v) is 11.0. The average molecular weight is 300 g/mol. The van der Waals surface area contributed by atoms with Gasteiger partial charge in [0.15, 0.2) is 9.84 Å². The topological polar surface area (TPSA) is 110 Å². The predicted octanol–water partition coefficient (Wildman–Crippen LogP) is 1.19. The van der Waals surface area contributed by atoms with Crippen LogP contribution in [-0.4, -0.2) is 29.7 Å². The van der Waals surface area contributed by atoms with Crippen molar-refractivity contribution in [3.63, 3.8) is 0 Å². The van der Waals surface area contributed by atoms with E-state index in [9.17, 15) is 17.6 Å². The molecule has 0 atom stereocenters. The Kier molecular flexibility index (Phi) is 3.53. The van der Waals surface area contributed by atoms with Gasteiger partial charge in [-0.3, -0.25) is 0 Å². The van der Waals surface area contributed by atoms with Crippen molar-refractivity contribution < 1.29 is 27.1 Å². The summed E-state index contributed by atoms with van der Waals surface area (Å²) in [5.41, 5.74) is -0.338. The van der Waals surface area contributed by atoms with Gasteiger partial charge in [0, 0.05) is 6.92 Å². The number of halogens is 1. The minimum atomic E-state index is -4.04. The molecule has 0 unspecified atom stereocenters. The number of aryl methyl sites for hydroxylation is 1. The van der Waals surface area contributed by atoms with Crippen LogP contribution in [0.25, 0.3) is 0 Å². The van der Waals surface area contributed by atoms with Crippen molar-refractivity contribution in [2.24, 2.45) is 0 Å². The fourth-order valence-electron chi connectivity index (χ4n) is 1.52. The Hall–Kier alpha value is -2.29. The number of carboxylic acid groups (broad SMARTS) is 1. The van der Waals surface area contributed by atoms with Gasteiger partial charge in [-0.15, -0.1) is 10.2 Å². The second-order valence-electron chi connectivity index (χ2n) is 3.92. The van der Waals surface area contributed by atoms with Crippen LogP contribution < -0.4 is 0 Å². The molecule has 0 aliphatic heterocycles. The normalized spacial score (nSPS) is 11.5. The zero-order valence-electron chi connectivity index (χ0n) is 10.2. The number of hydrogen-bond acceptors (Lipinski definition) is 6. The van der Waals surface area contributed by atoms with Gasteiger partial charge in [0.25, 0.3) is 0 Å². The van der Waals surface area contributed by atoms with Crippen LogP contribution in [0.4, 0.5) is 4.39 Å². The summed E-state index contributed by atoms with van der Waals surface area (Å²) < 4.78 is 42.6. The van der Waals surface area contributed by atoms with E-state index in [-0.39, 0.29) is 17.3 Å². The Morgan fingerprint density at radius 2 is 2.10 bits per heavy atom. The number of rotatable bonds is 4. The highest BCUT2D eigenvalue weighted by Crippen LogP contribution is 2.20. The van der Waals surface area contributed by atoms with Gasteiger partial charge < -0.3 is 9.52 Å². The largest absolute Gasteiger partial charge is 0.478 e. The standard InChI is InChI=1S/C11H9FN2O5S/c1-6-13-14-10(19-6)5-20(17,18)9-3-2-7(11(15)16)4-8(9)12/h2-4H,5H2,1H3,(H,15,16). The number of aromatic nitrogens is 2. The Labute approximate surface area is 113 Å². The number of aromatic carboxylic acids is 1. The molecule has 0 aliphatic carbocycles. The summed E-state index contributed by atoms with van der Waals surface area (Å²) in [6.07, 6.45) is 0. The first-order valence-electron chi connectivity index (χ1n) is 5.34. The minimum Gasteiger partial charge on any atom is -0.478 e. The molecular formula is C11H9FN2O5S. The van der Waals surface area contributed by atoms with Gasteiger partial charge in [-0.1, -0.05) is 0 Å². The van der Waals surface area contributed by atoms with Gasteiger partial charge in [0.05, 0.1) is 5.56 Å². The van der Waals surface area contributed by atoms with E-state index < -0.39 is 32.3 Å². The van der Waals surface area contributed by atoms with Crippen molar-refractivity contribution in [3.05, 3.63) is 41.4 Å². The van der Waals surface area contributed by atoms with Crippen LogP contribution in [-0.2, 0) is 15.6 Å². The van der Waals surface area contributed by atoms with Crippen molar-refractivity contribution in [1.82, 2.24) is 10.2 Å². The molecule has 106 valence electrons. The highest BCUT2D eigenvalue weighted by molar-refractivity contribution is 7.90. The summed E-state index contributed by atoms with van der Waals surface area (Å²) in [5.74, 6) is -3.11. The first-order valence-corrected chi connectivity index (χ1v) is 6.99. The Morgan fingerprint density at radius 1 is 1.40 bits per heavy atom. The van der Waals surface area contributed by atoms with Gasteiger partial charge >= 0.3 is 5.97 Å². The molecule has 0 fully saturated rings. The van der Waals surface area contributed by atoms with Gasteiger partial charge in [-0.25, -0.2) is 17.6 Å². The molecular weight excluding hydrogens is 291 g/mol. The molecule has 2 rings (SSSR count). The van der Waals surface area contributed by atoms with Crippen LogP contribution in [0.15, 0.2) is 27.5 Å². The van der Waals surface area contributed by atoms with E-state index in [1.165, 1.54) is 6.92 Å². The van der Waals surface area contributed by atoms with Gasteiger partial charge in [0.2, 0.25) is 11.8 Å². The number of benzene rings is 1. The van der Waals surface area contributed by atoms with Crippen LogP contribution in [0.3, 0.4) is 0 Å². The molecule has 20 heavy (non-hydrogen) atoms. The maximum absolute atomic E-state index is 13.7. The van der Waals surface area contributed by atoms with Crippen LogP contribution in [0, 0.1) is 12.7 Å². The summed E-state index contributed by atoms with van der Waals surface area (Å²) in [4.78, 5) is 10.0. The summed E-state index contributed by atoms with van der Waals surface area (Å²) in [6.45, 7) is 1.49. The molecule has 0 amide bonds. The maximum atomic E-state index is 13.7. The van der Waals surface area contributed by atoms with E-state index in [1.54, 1.807) is 0 Å². The van der Waals surface area contributed by atoms with Crippen molar-refractivity contribution in [2.75, 3.05) is 0 Å². The number of carboxylic acids is 1. The monoisotopic (exact) mass is 300 g/mol. The van der Waals surface area contributed by atoms with E-state index in [0.717, 1.165) is 12.1 Å². The lowest BCUT2D eigenvalue weighted by Gasteiger charge is -2.04. The zero-order chi connectivity index (χ0) is 14.9. The molecule has 0 bridgehead atoms. The molecule has 9 heteroatoms. The number of sulfone groups is 1. The average Bonchev–Trinajstić information content (AvgIpc) is 2.73. The molecule has 0 radical (unpaired) electrons. The highest BCUT2D eigenvalue weighted by Gasteiger charge is 2.23. The van der Waals surface area contributed by atoms with Gasteiger partial charge in [0.1, 0.15) is 16.5 Å². The second kappa shape index (κ2) is 5.00. The first kappa shape index (κ1) is 14.1. The number of nitrogens with zero attached hydrogens (tertiary/aromatic N) is 2. The maximum Gasteiger partial charge on any atom is 0.335 e. The highest BCUT2D eigenvalue weighted by atomic mass is 32.2. The fourth-order valence-corrected chi connectivity index (χ4v) is 2.75. The lowest BCUT2D eigenvalue weighted by atomic mass is 10.2. The molecule has 7 nitrogen and oxygen atoms in total. The Balaban J connectivity index is 2.37.